The van der Waals surface area contributed by atoms with Crippen molar-refractivity contribution in [3.05, 3.63) is 84.0 Å². The molecule has 12 N–H and O–H groups in total. The molecule has 3 heterocycles. The van der Waals surface area contributed by atoms with Crippen molar-refractivity contribution < 1.29 is 94.5 Å². The van der Waals surface area contributed by atoms with Gasteiger partial charge in [0, 0.05) is 24.8 Å². The Morgan fingerprint density at radius 1 is 0.472 bits per heavy atom. The molecular weight excluding hydrogens is 582 g/mol. The van der Waals surface area contributed by atoms with Crippen LogP contribution in [0.3, 0.4) is 0 Å². The van der Waals surface area contributed by atoms with E-state index in [4.69, 9.17) is 0 Å². The summed E-state index contributed by atoms with van der Waals surface area (Å²) in [6.07, 6.45) is 6.56. The van der Waals surface area contributed by atoms with Gasteiger partial charge < -0.3 is 61.5 Å². The Kier molecular flexibility index (Phi) is 30.7. The first kappa shape index (κ1) is 45.6. The average Bonchev–Trinajstić information content (AvgIpc) is 2.76. The van der Waals surface area contributed by atoms with E-state index in [1.807, 2.05) is 0 Å². The zero-order valence-electron chi connectivity index (χ0n) is 17.8. The van der Waals surface area contributed by atoms with Crippen LogP contribution in [0.15, 0.2) is 61.2 Å². The van der Waals surface area contributed by atoms with E-state index in [0.29, 0.717) is 0 Å². The first-order chi connectivity index (χ1) is 14.2. The summed E-state index contributed by atoms with van der Waals surface area (Å²) in [4.78, 5) is 54.7. The van der Waals surface area contributed by atoms with Gasteiger partial charge in [-0.2, -0.15) is 0 Å². The van der Waals surface area contributed by atoms with Crippen LogP contribution >= 0.6 is 0 Å². The number of carboxylic acids is 4. The molecule has 3 aromatic heterocycles. The second-order valence-electron chi connectivity index (χ2n) is 4.86. The molecule has 0 saturated heterocycles. The van der Waals surface area contributed by atoms with Crippen LogP contribution in [0.25, 0.3) is 0 Å². The predicted octanol–water partition coefficient (Wildman–Crippen LogP) is -7.60. The number of aromatic carboxylic acids is 4. The van der Waals surface area contributed by atoms with E-state index in [0.717, 1.165) is 24.3 Å². The van der Waals surface area contributed by atoms with Crippen LogP contribution in [0.5, 0.6) is 0 Å². The fourth-order valence-corrected chi connectivity index (χ4v) is 1.58. The molecule has 0 unspecified atom stereocenters. The van der Waals surface area contributed by atoms with E-state index in [1.165, 1.54) is 12.1 Å². The van der Waals surface area contributed by atoms with Gasteiger partial charge in [0.1, 0.15) is 0 Å². The number of rotatable bonds is 4. The summed E-state index contributed by atoms with van der Waals surface area (Å²) in [5.74, 6) is -6.06. The van der Waals surface area contributed by atoms with E-state index in [2.05, 4.69) is 19.9 Å². The molecule has 36 heavy (non-hydrogen) atoms. The summed E-state index contributed by atoms with van der Waals surface area (Å²) < 4.78 is 0. The Morgan fingerprint density at radius 2 is 0.667 bits per heavy atom. The van der Waals surface area contributed by atoms with Crippen molar-refractivity contribution in [3.8, 4) is 0 Å². The first-order valence-corrected chi connectivity index (χ1v) is 7.71. The maximum atomic E-state index is 10.2. The van der Waals surface area contributed by atoms with Crippen molar-refractivity contribution in [1.82, 2.24) is 19.9 Å². The average molecular weight is 604 g/mol. The van der Waals surface area contributed by atoms with Gasteiger partial charge in [-0.25, -0.2) is 9.97 Å². The van der Waals surface area contributed by atoms with Crippen molar-refractivity contribution in [3.63, 3.8) is 0 Å². The van der Waals surface area contributed by atoms with Crippen molar-refractivity contribution in [2.24, 2.45) is 0 Å². The molecule has 0 aliphatic carbocycles. The van der Waals surface area contributed by atoms with Gasteiger partial charge in [-0.05, 0) is 24.3 Å². The summed E-state index contributed by atoms with van der Waals surface area (Å²) in [6, 6.07) is 7.07. The molecule has 3 aromatic rings. The summed E-state index contributed by atoms with van der Waals surface area (Å²) in [5.41, 5.74) is -1.68. The minimum Gasteiger partial charge on any atom is -0.543 e. The predicted molar refractivity (Wildman–Crippen MR) is 107 cm³/mol. The molecule has 0 amide bonds. The molecule has 202 valence electrons. The van der Waals surface area contributed by atoms with Gasteiger partial charge >= 0.3 is 33.0 Å². The molecule has 18 heteroatoms. The third-order valence-electron chi connectivity index (χ3n) is 2.81. The number of hydrogen-bond acceptors (Lipinski definition) is 12. The number of hydrogen-bond donors (Lipinski definition) is 0. The van der Waals surface area contributed by atoms with Crippen LogP contribution in [0, 0.1) is 0 Å². The SMILES string of the molecule is O=C([O-])c1cccc(C(=O)[O-])n1.O=C([O-])c1cccc(C(=O)[O-])n1.[Ni+2].[Ni+2].[OH3+].[OH3+].[OH3+].[OH3+].c1cnccn1. The molecule has 0 saturated carbocycles. The number of nitrogens with zero attached hydrogens (tertiary/aromatic N) is 4. The number of carboxylic acid groups (broad SMARTS) is 4. The summed E-state index contributed by atoms with van der Waals surface area (Å²) in [6.45, 7) is 0. The molecule has 0 radical (unpaired) electrons. The van der Waals surface area contributed by atoms with Gasteiger partial charge in [-0.3, -0.25) is 9.97 Å². The Morgan fingerprint density at radius 3 is 0.806 bits per heavy atom. The first-order valence-electron chi connectivity index (χ1n) is 7.71. The van der Waals surface area contributed by atoms with E-state index in [-0.39, 0.29) is 54.9 Å². The zero-order chi connectivity index (χ0) is 22.5. The van der Waals surface area contributed by atoms with Crippen molar-refractivity contribution in [1.29, 1.82) is 0 Å². The fourth-order valence-electron chi connectivity index (χ4n) is 1.58. The van der Waals surface area contributed by atoms with E-state index in [1.54, 1.807) is 24.8 Å². The minimum absolute atomic E-state index is 0. The second-order valence-corrected chi connectivity index (χ2v) is 4.86. The third-order valence-corrected chi connectivity index (χ3v) is 2.81. The van der Waals surface area contributed by atoms with Crippen LogP contribution in [0.1, 0.15) is 42.0 Å². The van der Waals surface area contributed by atoms with E-state index >= 15 is 0 Å². The van der Waals surface area contributed by atoms with E-state index in [9.17, 15) is 39.6 Å². The molecule has 16 nitrogen and oxygen atoms in total. The summed E-state index contributed by atoms with van der Waals surface area (Å²) in [7, 11) is 0. The Bertz CT molecular complexity index is 893. The Hall–Kier alpha value is -3.91. The topological polar surface area (TPSA) is 344 Å². The Balaban J connectivity index is -0.0000000900. The maximum absolute atomic E-state index is 10.2. The quantitative estimate of drug-likeness (QED) is 0.198. The number of carbonyl (C=O) groups excluding carboxylic acids is 4. The molecule has 0 bridgehead atoms. The van der Waals surface area contributed by atoms with Crippen LogP contribution in [-0.4, -0.2) is 43.8 Å². The molecule has 0 spiro atoms. The number of pyridine rings is 2. The fraction of sp³-hybridized carbons (Fsp3) is 0. The Labute approximate surface area is 222 Å². The molecule has 3 rings (SSSR count). The smallest absolute Gasteiger partial charge is 0.543 e. The number of aromatic nitrogens is 4. The molecule has 0 aliphatic heterocycles. The molecule has 0 atom stereocenters. The van der Waals surface area contributed by atoms with Crippen LogP contribution in [-0.2, 0) is 54.9 Å². The van der Waals surface area contributed by atoms with Gasteiger partial charge in [-0.1, -0.05) is 12.1 Å². The normalized spacial score (nSPS) is 7.56. The monoisotopic (exact) mass is 602 g/mol. The van der Waals surface area contributed by atoms with Crippen LogP contribution < -0.4 is 20.4 Å². The second kappa shape index (κ2) is 24.2. The molecule has 0 fully saturated rings. The molecular formula is C18H22N4Ni2O12+4. The zero-order valence-corrected chi connectivity index (χ0v) is 19.7. The van der Waals surface area contributed by atoms with Gasteiger partial charge in [0.15, 0.2) is 0 Å². The molecule has 0 aliphatic rings. The van der Waals surface area contributed by atoms with Crippen molar-refractivity contribution in [2.45, 2.75) is 0 Å². The van der Waals surface area contributed by atoms with Gasteiger partial charge in [-0.15, -0.1) is 0 Å². The van der Waals surface area contributed by atoms with E-state index < -0.39 is 46.7 Å². The van der Waals surface area contributed by atoms with Gasteiger partial charge in [0.2, 0.25) is 0 Å². The van der Waals surface area contributed by atoms with Gasteiger partial charge in [0.05, 0.1) is 46.7 Å². The summed E-state index contributed by atoms with van der Waals surface area (Å²) >= 11 is 0. The summed E-state index contributed by atoms with van der Waals surface area (Å²) in [5, 5.41) is 40.8. The minimum atomic E-state index is -1.52. The van der Waals surface area contributed by atoms with Crippen LogP contribution in [0.2, 0.25) is 0 Å². The third kappa shape index (κ3) is 17.5. The van der Waals surface area contributed by atoms with Crippen molar-refractivity contribution in [2.75, 3.05) is 0 Å². The largest absolute Gasteiger partial charge is 2.00 e. The van der Waals surface area contributed by atoms with Crippen molar-refractivity contribution >= 4 is 23.9 Å². The molecule has 0 aromatic carbocycles. The number of carbonyl (C=O) groups is 4. The van der Waals surface area contributed by atoms with Crippen LogP contribution in [0.4, 0.5) is 0 Å². The standard InChI is InChI=1S/2C7H5NO4.C4H4N2.2Ni.4H2O/c2*9-6(10)4-2-1-3-5(8-4)7(11)12;1-2-6-4-3-5-1;;;;;;/h2*1-3H,(H,9,10)(H,11,12);1-4H;;;4*1H2/q;;;2*+2;;;;. The maximum Gasteiger partial charge on any atom is 2.00 e. The van der Waals surface area contributed by atoms with Gasteiger partial charge in [0.25, 0.3) is 0 Å².